The second-order valence-electron chi connectivity index (χ2n) is 5.28. The van der Waals surface area contributed by atoms with Crippen LogP contribution in [0.5, 0.6) is 0 Å². The molecule has 1 fully saturated rings. The molecule has 1 aromatic carbocycles. The van der Waals surface area contributed by atoms with Crippen LogP contribution in [-0.2, 0) is 4.79 Å². The summed E-state index contributed by atoms with van der Waals surface area (Å²) in [6.07, 6.45) is 3.16. The summed E-state index contributed by atoms with van der Waals surface area (Å²) in [4.78, 5) is 13.6. The summed E-state index contributed by atoms with van der Waals surface area (Å²) in [5, 5.41) is 6.56. The monoisotopic (exact) mass is 312 g/mol. The summed E-state index contributed by atoms with van der Waals surface area (Å²) < 4.78 is 0. The molecule has 0 aliphatic carbocycles. The molecule has 0 radical (unpaired) electrons. The molecule has 2 unspecified atom stereocenters. The van der Waals surface area contributed by atoms with Gasteiger partial charge in [0.25, 0.3) is 0 Å². The maximum atomic E-state index is 12.3. The van der Waals surface area contributed by atoms with Crippen molar-refractivity contribution >= 4 is 30.1 Å². The maximum absolute atomic E-state index is 12.3. The van der Waals surface area contributed by atoms with Crippen LogP contribution in [0.2, 0.25) is 0 Å². The van der Waals surface area contributed by atoms with Gasteiger partial charge in [0.1, 0.15) is 0 Å². The van der Waals surface area contributed by atoms with Gasteiger partial charge in [0.2, 0.25) is 5.91 Å². The number of nitrogens with one attached hydrogen (secondary N) is 2. The standard InChI is InChI=1S/C15H20N2OS.ClH/c18-15(11-4-3-8-16-10-11)17-13-7-9-19-14-6-2-1-5-12(13)14;/h1-2,5-6,11,13,16H,3-4,7-10H2,(H,17,18);1H. The molecule has 3 nitrogen and oxygen atoms in total. The summed E-state index contributed by atoms with van der Waals surface area (Å²) in [5.74, 6) is 1.46. The number of thioether (sulfide) groups is 1. The van der Waals surface area contributed by atoms with E-state index in [4.69, 9.17) is 0 Å². The molecule has 2 atom stereocenters. The fourth-order valence-electron chi connectivity index (χ4n) is 2.86. The van der Waals surface area contributed by atoms with Crippen LogP contribution in [0, 0.1) is 5.92 Å². The fourth-order valence-corrected chi connectivity index (χ4v) is 3.98. The second kappa shape index (κ2) is 7.34. The number of amides is 1. The van der Waals surface area contributed by atoms with E-state index < -0.39 is 0 Å². The highest BCUT2D eigenvalue weighted by Gasteiger charge is 2.26. The molecule has 0 bridgehead atoms. The van der Waals surface area contributed by atoms with Crippen LogP contribution in [0.15, 0.2) is 29.2 Å². The number of rotatable bonds is 2. The lowest BCUT2D eigenvalue weighted by atomic mass is 9.97. The zero-order valence-corrected chi connectivity index (χ0v) is 13.1. The first-order chi connectivity index (χ1) is 9.34. The molecule has 2 aliphatic heterocycles. The van der Waals surface area contributed by atoms with E-state index in [1.165, 1.54) is 10.5 Å². The Balaban J connectivity index is 0.00000147. The number of halogens is 1. The number of carbonyl (C=O) groups excluding carboxylic acids is 1. The first-order valence-corrected chi connectivity index (χ1v) is 8.06. The van der Waals surface area contributed by atoms with Gasteiger partial charge >= 0.3 is 0 Å². The predicted molar refractivity (Wildman–Crippen MR) is 85.5 cm³/mol. The number of piperidine rings is 1. The highest BCUT2D eigenvalue weighted by atomic mass is 35.5. The largest absolute Gasteiger partial charge is 0.349 e. The Morgan fingerprint density at radius 1 is 1.30 bits per heavy atom. The van der Waals surface area contributed by atoms with E-state index in [-0.39, 0.29) is 30.3 Å². The molecule has 3 rings (SSSR count). The summed E-state index contributed by atoms with van der Waals surface area (Å²) in [6.45, 7) is 1.88. The van der Waals surface area contributed by atoms with Crippen molar-refractivity contribution in [2.75, 3.05) is 18.8 Å². The third-order valence-corrected chi connectivity index (χ3v) is 5.07. The van der Waals surface area contributed by atoms with Crippen molar-refractivity contribution in [3.8, 4) is 0 Å². The van der Waals surface area contributed by atoms with Crippen LogP contribution < -0.4 is 10.6 Å². The van der Waals surface area contributed by atoms with Crippen LogP contribution in [0.1, 0.15) is 30.9 Å². The van der Waals surface area contributed by atoms with Crippen molar-refractivity contribution in [2.45, 2.75) is 30.2 Å². The van der Waals surface area contributed by atoms with Crippen molar-refractivity contribution in [2.24, 2.45) is 5.92 Å². The molecule has 1 saturated heterocycles. The first kappa shape index (κ1) is 15.7. The molecule has 1 amide bonds. The topological polar surface area (TPSA) is 41.1 Å². The first-order valence-electron chi connectivity index (χ1n) is 7.07. The summed E-state index contributed by atoms with van der Waals surface area (Å²) in [6, 6.07) is 8.63. The molecule has 0 aromatic heterocycles. The molecular formula is C15H21ClN2OS. The van der Waals surface area contributed by atoms with Gasteiger partial charge in [-0.3, -0.25) is 4.79 Å². The fraction of sp³-hybridized carbons (Fsp3) is 0.533. The van der Waals surface area contributed by atoms with Gasteiger partial charge in [-0.1, -0.05) is 18.2 Å². The molecule has 0 saturated carbocycles. The lowest BCUT2D eigenvalue weighted by Gasteiger charge is -2.29. The van der Waals surface area contributed by atoms with Crippen LogP contribution in [0.3, 0.4) is 0 Å². The minimum atomic E-state index is 0. The summed E-state index contributed by atoms with van der Waals surface area (Å²) >= 11 is 1.89. The molecule has 5 heteroatoms. The van der Waals surface area contributed by atoms with E-state index in [1.807, 2.05) is 11.8 Å². The molecule has 1 aromatic rings. The van der Waals surface area contributed by atoms with Crippen molar-refractivity contribution in [3.05, 3.63) is 29.8 Å². The summed E-state index contributed by atoms with van der Waals surface area (Å²) in [5.41, 5.74) is 1.29. The SMILES string of the molecule is Cl.O=C(NC1CCSc2ccccc21)C1CCCNC1. The van der Waals surface area contributed by atoms with E-state index >= 15 is 0 Å². The molecule has 0 spiro atoms. The van der Waals surface area contributed by atoms with Crippen LogP contribution in [0.4, 0.5) is 0 Å². The third kappa shape index (κ3) is 3.48. The zero-order chi connectivity index (χ0) is 13.1. The Morgan fingerprint density at radius 2 is 2.15 bits per heavy atom. The summed E-state index contributed by atoms with van der Waals surface area (Å²) in [7, 11) is 0. The van der Waals surface area contributed by atoms with Crippen molar-refractivity contribution in [3.63, 3.8) is 0 Å². The third-order valence-electron chi connectivity index (χ3n) is 3.94. The van der Waals surface area contributed by atoms with Crippen molar-refractivity contribution in [1.29, 1.82) is 0 Å². The van der Waals surface area contributed by atoms with Gasteiger partial charge in [0.05, 0.1) is 12.0 Å². The van der Waals surface area contributed by atoms with Crippen molar-refractivity contribution < 1.29 is 4.79 Å². The minimum Gasteiger partial charge on any atom is -0.349 e. The van der Waals surface area contributed by atoms with Gasteiger partial charge < -0.3 is 10.6 Å². The zero-order valence-electron chi connectivity index (χ0n) is 11.4. The van der Waals surface area contributed by atoms with E-state index in [0.717, 1.165) is 38.1 Å². The van der Waals surface area contributed by atoms with E-state index in [1.54, 1.807) is 0 Å². The molecule has 20 heavy (non-hydrogen) atoms. The predicted octanol–water partition coefficient (Wildman–Crippen LogP) is 2.76. The number of carbonyl (C=O) groups is 1. The van der Waals surface area contributed by atoms with Crippen LogP contribution in [0.25, 0.3) is 0 Å². The molecule has 2 N–H and O–H groups in total. The highest BCUT2D eigenvalue weighted by Crippen LogP contribution is 2.35. The van der Waals surface area contributed by atoms with Gasteiger partial charge in [0.15, 0.2) is 0 Å². The van der Waals surface area contributed by atoms with Gasteiger partial charge in [0, 0.05) is 17.2 Å². The van der Waals surface area contributed by atoms with E-state index in [2.05, 4.69) is 34.9 Å². The Hall–Kier alpha value is -0.710. The normalized spacial score (nSPS) is 25.2. The quantitative estimate of drug-likeness (QED) is 0.882. The number of fused-ring (bicyclic) bond motifs is 1. The Kier molecular flexibility index (Phi) is 5.75. The second-order valence-corrected chi connectivity index (χ2v) is 6.42. The lowest BCUT2D eigenvalue weighted by Crippen LogP contribution is -2.42. The van der Waals surface area contributed by atoms with Gasteiger partial charge in [-0.15, -0.1) is 24.2 Å². The number of benzene rings is 1. The molecule has 110 valence electrons. The smallest absolute Gasteiger partial charge is 0.224 e. The van der Waals surface area contributed by atoms with Gasteiger partial charge in [-0.2, -0.15) is 0 Å². The van der Waals surface area contributed by atoms with Crippen LogP contribution in [-0.4, -0.2) is 24.7 Å². The van der Waals surface area contributed by atoms with E-state index in [9.17, 15) is 4.79 Å². The van der Waals surface area contributed by atoms with Gasteiger partial charge in [-0.25, -0.2) is 0 Å². The Labute approximate surface area is 130 Å². The Morgan fingerprint density at radius 3 is 2.95 bits per heavy atom. The number of hydrogen-bond donors (Lipinski definition) is 2. The van der Waals surface area contributed by atoms with Crippen molar-refractivity contribution in [1.82, 2.24) is 10.6 Å². The molecule has 2 aliphatic rings. The van der Waals surface area contributed by atoms with Crippen LogP contribution >= 0.6 is 24.2 Å². The average Bonchev–Trinajstić information content (AvgIpc) is 2.48. The Bertz CT molecular complexity index is 463. The average molecular weight is 313 g/mol. The lowest BCUT2D eigenvalue weighted by molar-refractivity contribution is -0.126. The maximum Gasteiger partial charge on any atom is 0.224 e. The number of hydrogen-bond acceptors (Lipinski definition) is 3. The van der Waals surface area contributed by atoms with Gasteiger partial charge in [-0.05, 0) is 37.4 Å². The molecular weight excluding hydrogens is 292 g/mol. The minimum absolute atomic E-state index is 0. The van der Waals surface area contributed by atoms with E-state index in [0.29, 0.717) is 0 Å². The molecule has 2 heterocycles. The highest BCUT2D eigenvalue weighted by molar-refractivity contribution is 7.99.